The van der Waals surface area contributed by atoms with E-state index in [1.807, 2.05) is 36.4 Å². The van der Waals surface area contributed by atoms with Gasteiger partial charge in [-0.05, 0) is 31.1 Å². The van der Waals surface area contributed by atoms with Crippen LogP contribution in [0.3, 0.4) is 0 Å². The molecule has 0 bridgehead atoms. The number of rotatable bonds is 3. The van der Waals surface area contributed by atoms with E-state index in [0.717, 1.165) is 23.5 Å². The third-order valence-electron chi connectivity index (χ3n) is 4.06. The molecule has 5 heteroatoms. The highest BCUT2D eigenvalue weighted by Crippen LogP contribution is 2.31. The van der Waals surface area contributed by atoms with Gasteiger partial charge in [-0.3, -0.25) is 0 Å². The summed E-state index contributed by atoms with van der Waals surface area (Å²) in [7, 11) is 0. The van der Waals surface area contributed by atoms with Crippen molar-refractivity contribution in [2.75, 3.05) is 18.0 Å². The molecule has 0 unspecified atom stereocenters. The van der Waals surface area contributed by atoms with Crippen molar-refractivity contribution >= 4 is 34.1 Å². The van der Waals surface area contributed by atoms with Crippen molar-refractivity contribution in [3.8, 4) is 0 Å². The minimum Gasteiger partial charge on any atom is -0.363 e. The number of oxime groups is 1. The molecule has 116 valence electrons. The van der Waals surface area contributed by atoms with Crippen molar-refractivity contribution in [3.63, 3.8) is 0 Å². The minimum absolute atomic E-state index is 0.389. The maximum Gasteiger partial charge on any atom is 0.368 e. The summed E-state index contributed by atoms with van der Waals surface area (Å²) in [5, 5.41) is 5.20. The van der Waals surface area contributed by atoms with E-state index < -0.39 is 0 Å². The molecule has 0 spiro atoms. The van der Waals surface area contributed by atoms with Gasteiger partial charge >= 0.3 is 5.97 Å². The SMILES string of the molecule is O=C1ON=C(c2ccccc2)C1=Cc1ccc(N2CCCC2)s1. The van der Waals surface area contributed by atoms with Crippen molar-refractivity contribution < 1.29 is 9.63 Å². The van der Waals surface area contributed by atoms with E-state index in [-0.39, 0.29) is 5.97 Å². The largest absolute Gasteiger partial charge is 0.368 e. The number of carbonyl (C=O) groups is 1. The Morgan fingerprint density at radius 2 is 1.87 bits per heavy atom. The number of thiophene rings is 1. The molecule has 1 saturated heterocycles. The van der Waals surface area contributed by atoms with Crippen molar-refractivity contribution in [1.29, 1.82) is 0 Å². The molecular formula is C18H16N2O2S. The van der Waals surface area contributed by atoms with Gasteiger partial charge in [0.2, 0.25) is 0 Å². The summed E-state index contributed by atoms with van der Waals surface area (Å²) in [6, 6.07) is 13.8. The lowest BCUT2D eigenvalue weighted by molar-refractivity contribution is -0.136. The summed E-state index contributed by atoms with van der Waals surface area (Å²) < 4.78 is 0. The van der Waals surface area contributed by atoms with Crippen LogP contribution in [0.5, 0.6) is 0 Å². The molecule has 2 aliphatic heterocycles. The van der Waals surface area contributed by atoms with Gasteiger partial charge in [0.25, 0.3) is 0 Å². The molecule has 23 heavy (non-hydrogen) atoms. The number of carbonyl (C=O) groups excluding carboxylic acids is 1. The molecule has 1 aromatic carbocycles. The van der Waals surface area contributed by atoms with E-state index in [1.165, 1.54) is 17.8 Å². The average Bonchev–Trinajstić information content (AvgIpc) is 3.31. The van der Waals surface area contributed by atoms with Crippen LogP contribution in [-0.4, -0.2) is 24.8 Å². The van der Waals surface area contributed by atoms with Gasteiger partial charge in [0, 0.05) is 23.5 Å². The standard InChI is InChI=1S/C18H16N2O2S/c21-18-15(17(19-22-18)13-6-2-1-3-7-13)12-14-8-9-16(23-14)20-10-4-5-11-20/h1-3,6-9,12H,4-5,10-11H2. The van der Waals surface area contributed by atoms with E-state index >= 15 is 0 Å². The predicted molar refractivity (Wildman–Crippen MR) is 92.8 cm³/mol. The van der Waals surface area contributed by atoms with Gasteiger partial charge in [-0.1, -0.05) is 35.5 Å². The molecule has 0 amide bonds. The third-order valence-corrected chi connectivity index (χ3v) is 5.15. The van der Waals surface area contributed by atoms with Gasteiger partial charge in [-0.15, -0.1) is 11.3 Å². The highest BCUT2D eigenvalue weighted by Gasteiger charge is 2.27. The Morgan fingerprint density at radius 3 is 2.65 bits per heavy atom. The minimum atomic E-state index is -0.389. The zero-order chi connectivity index (χ0) is 15.6. The van der Waals surface area contributed by atoms with Crippen LogP contribution < -0.4 is 4.90 Å². The van der Waals surface area contributed by atoms with Crippen LogP contribution >= 0.6 is 11.3 Å². The first-order valence-electron chi connectivity index (χ1n) is 7.73. The van der Waals surface area contributed by atoms with Gasteiger partial charge in [-0.25, -0.2) is 4.79 Å². The van der Waals surface area contributed by atoms with Crippen molar-refractivity contribution in [1.82, 2.24) is 0 Å². The smallest absolute Gasteiger partial charge is 0.363 e. The number of benzene rings is 1. The molecule has 4 rings (SSSR count). The summed E-state index contributed by atoms with van der Waals surface area (Å²) in [5.74, 6) is -0.389. The van der Waals surface area contributed by atoms with Gasteiger partial charge < -0.3 is 9.74 Å². The van der Waals surface area contributed by atoms with Crippen LogP contribution in [0.15, 0.2) is 53.2 Å². The Morgan fingerprint density at radius 1 is 1.09 bits per heavy atom. The molecular weight excluding hydrogens is 308 g/mol. The molecule has 0 aliphatic carbocycles. The van der Waals surface area contributed by atoms with Crippen LogP contribution in [0.4, 0.5) is 5.00 Å². The monoisotopic (exact) mass is 324 g/mol. The molecule has 1 fully saturated rings. The van der Waals surface area contributed by atoms with Crippen LogP contribution in [0.1, 0.15) is 23.3 Å². The number of hydrogen-bond acceptors (Lipinski definition) is 5. The normalized spacial score (nSPS) is 19.3. The Labute approximate surface area is 138 Å². The summed E-state index contributed by atoms with van der Waals surface area (Å²) in [6.07, 6.45) is 4.39. The van der Waals surface area contributed by atoms with Gasteiger partial charge in [0.05, 0.1) is 10.6 Å². The second-order valence-corrected chi connectivity index (χ2v) is 6.71. The maximum absolute atomic E-state index is 12.0. The van der Waals surface area contributed by atoms with Gasteiger partial charge in [0.1, 0.15) is 5.71 Å². The van der Waals surface area contributed by atoms with Crippen LogP contribution in [0.2, 0.25) is 0 Å². The number of nitrogens with zero attached hydrogens (tertiary/aromatic N) is 2. The van der Waals surface area contributed by atoms with Crippen molar-refractivity contribution in [2.24, 2.45) is 5.16 Å². The fourth-order valence-electron chi connectivity index (χ4n) is 2.88. The Balaban J connectivity index is 1.64. The third kappa shape index (κ3) is 2.80. The summed E-state index contributed by atoms with van der Waals surface area (Å²) in [5.41, 5.74) is 2.01. The first-order chi connectivity index (χ1) is 11.3. The van der Waals surface area contributed by atoms with Gasteiger partial charge in [-0.2, -0.15) is 0 Å². The molecule has 3 heterocycles. The first kappa shape index (κ1) is 14.2. The van der Waals surface area contributed by atoms with E-state index in [1.54, 1.807) is 11.3 Å². The maximum atomic E-state index is 12.0. The number of anilines is 1. The molecule has 2 aliphatic rings. The molecule has 2 aromatic rings. The molecule has 0 saturated carbocycles. The topological polar surface area (TPSA) is 41.9 Å². The predicted octanol–water partition coefficient (Wildman–Crippen LogP) is 3.69. The summed E-state index contributed by atoms with van der Waals surface area (Å²) >= 11 is 1.70. The molecule has 0 radical (unpaired) electrons. The highest BCUT2D eigenvalue weighted by atomic mass is 32.1. The summed E-state index contributed by atoms with van der Waals surface area (Å²) in [4.78, 5) is 20.3. The zero-order valence-corrected chi connectivity index (χ0v) is 13.4. The van der Waals surface area contributed by atoms with Crippen LogP contribution in [-0.2, 0) is 9.63 Å². The Hall–Kier alpha value is -2.40. The molecule has 0 N–H and O–H groups in total. The molecule has 0 atom stereocenters. The second-order valence-electron chi connectivity index (χ2n) is 5.61. The fourth-order valence-corrected chi connectivity index (χ4v) is 3.89. The Kier molecular flexibility index (Phi) is 3.71. The average molecular weight is 324 g/mol. The fraction of sp³-hybridized carbons (Fsp3) is 0.222. The van der Waals surface area contributed by atoms with Crippen molar-refractivity contribution in [2.45, 2.75) is 12.8 Å². The van der Waals surface area contributed by atoms with Gasteiger partial charge in [0.15, 0.2) is 0 Å². The number of hydrogen-bond donors (Lipinski definition) is 0. The van der Waals surface area contributed by atoms with Crippen molar-refractivity contribution in [3.05, 3.63) is 58.5 Å². The Bertz CT molecular complexity index is 786. The lowest BCUT2D eigenvalue weighted by atomic mass is 10.0. The lowest BCUT2D eigenvalue weighted by Crippen LogP contribution is -2.15. The lowest BCUT2D eigenvalue weighted by Gasteiger charge is -2.13. The first-order valence-corrected chi connectivity index (χ1v) is 8.54. The summed E-state index contributed by atoms with van der Waals surface area (Å²) in [6.45, 7) is 2.24. The zero-order valence-electron chi connectivity index (χ0n) is 12.6. The molecule has 1 aromatic heterocycles. The highest BCUT2D eigenvalue weighted by molar-refractivity contribution is 7.17. The van der Waals surface area contributed by atoms with E-state index in [0.29, 0.717) is 11.3 Å². The second kappa shape index (κ2) is 6.01. The van der Waals surface area contributed by atoms with Crippen LogP contribution in [0.25, 0.3) is 6.08 Å². The molecule has 4 nitrogen and oxygen atoms in total. The van der Waals surface area contributed by atoms with E-state index in [2.05, 4.69) is 22.2 Å². The van der Waals surface area contributed by atoms with E-state index in [9.17, 15) is 4.79 Å². The quantitative estimate of drug-likeness (QED) is 0.639. The van der Waals surface area contributed by atoms with E-state index in [4.69, 9.17) is 4.84 Å². The van der Waals surface area contributed by atoms with Crippen LogP contribution in [0, 0.1) is 0 Å².